The highest BCUT2D eigenvalue weighted by Crippen LogP contribution is 2.23. The van der Waals surface area contributed by atoms with Crippen LogP contribution in [0, 0.1) is 6.92 Å². The molecule has 3 nitrogen and oxygen atoms in total. The van der Waals surface area contributed by atoms with Crippen LogP contribution < -0.4 is 0 Å². The van der Waals surface area contributed by atoms with Crippen LogP contribution >= 0.6 is 15.9 Å². The lowest BCUT2D eigenvalue weighted by Crippen LogP contribution is -2.30. The quantitative estimate of drug-likeness (QED) is 0.801. The fourth-order valence-electron chi connectivity index (χ4n) is 2.08. The molecule has 2 aromatic rings. The molecule has 112 valence electrons. The maximum Gasteiger partial charge on any atom is 0.243 e. The lowest BCUT2D eigenvalue weighted by molar-refractivity contribution is 0.423. The Hall–Kier alpha value is -1.17. The van der Waals surface area contributed by atoms with Crippen LogP contribution in [-0.4, -0.2) is 19.3 Å². The number of rotatable bonds is 5. The largest absolute Gasteiger partial charge is 0.243 e. The molecule has 0 fully saturated rings. The Bertz CT molecular complexity index is 714. The Morgan fingerprint density at radius 1 is 1.10 bits per heavy atom. The Morgan fingerprint density at radius 2 is 1.76 bits per heavy atom. The third-order valence-electron chi connectivity index (χ3n) is 3.32. The topological polar surface area (TPSA) is 37.4 Å². The van der Waals surface area contributed by atoms with Crippen molar-refractivity contribution >= 4 is 26.0 Å². The highest BCUT2D eigenvalue weighted by molar-refractivity contribution is 9.10. The molecule has 5 heteroatoms. The number of aryl methyl sites for hydroxylation is 1. The van der Waals surface area contributed by atoms with Crippen molar-refractivity contribution < 1.29 is 8.42 Å². The molecule has 0 saturated carbocycles. The van der Waals surface area contributed by atoms with Crippen LogP contribution in [0.4, 0.5) is 0 Å². The summed E-state index contributed by atoms with van der Waals surface area (Å²) in [5.74, 6) is 0. The van der Waals surface area contributed by atoms with Crippen LogP contribution in [0.5, 0.6) is 0 Å². The molecule has 0 amide bonds. The molecule has 0 unspecified atom stereocenters. The van der Waals surface area contributed by atoms with E-state index >= 15 is 0 Å². The number of nitrogens with zero attached hydrogens (tertiary/aromatic N) is 1. The van der Waals surface area contributed by atoms with E-state index in [1.807, 2.05) is 44.2 Å². The number of hydrogen-bond acceptors (Lipinski definition) is 2. The molecule has 0 aromatic heterocycles. The van der Waals surface area contributed by atoms with Gasteiger partial charge in [0.25, 0.3) is 0 Å². The van der Waals surface area contributed by atoms with Gasteiger partial charge in [0.05, 0.1) is 4.90 Å². The minimum absolute atomic E-state index is 0.334. The Morgan fingerprint density at radius 3 is 2.33 bits per heavy atom. The summed E-state index contributed by atoms with van der Waals surface area (Å²) in [4.78, 5) is 0.334. The average Bonchev–Trinajstić information content (AvgIpc) is 2.48. The van der Waals surface area contributed by atoms with Crippen LogP contribution in [-0.2, 0) is 16.6 Å². The molecular weight excluding hydrogens is 350 g/mol. The predicted octanol–water partition coefficient (Wildman–Crippen LogP) is 3.97. The molecule has 0 N–H and O–H groups in total. The van der Waals surface area contributed by atoms with E-state index in [9.17, 15) is 8.42 Å². The van der Waals surface area contributed by atoms with Gasteiger partial charge in [-0.2, -0.15) is 4.31 Å². The van der Waals surface area contributed by atoms with Crippen LogP contribution in [0.2, 0.25) is 0 Å². The van der Waals surface area contributed by atoms with Gasteiger partial charge in [0.2, 0.25) is 10.0 Å². The van der Waals surface area contributed by atoms with E-state index in [1.165, 1.54) is 4.31 Å². The molecule has 0 spiro atoms. The summed E-state index contributed by atoms with van der Waals surface area (Å²) in [6, 6.07) is 14.7. The van der Waals surface area contributed by atoms with Crippen LogP contribution in [0.3, 0.4) is 0 Å². The lowest BCUT2D eigenvalue weighted by atomic mass is 10.2. The molecule has 0 aliphatic heterocycles. The Balaban J connectivity index is 2.33. The minimum Gasteiger partial charge on any atom is -0.207 e. The number of sulfonamides is 1. The molecule has 2 rings (SSSR count). The van der Waals surface area contributed by atoms with Crippen molar-refractivity contribution in [3.8, 4) is 0 Å². The summed E-state index contributed by atoms with van der Waals surface area (Å²) in [6.07, 6.45) is 0. The highest BCUT2D eigenvalue weighted by atomic mass is 79.9. The lowest BCUT2D eigenvalue weighted by Gasteiger charge is -2.21. The Labute approximate surface area is 134 Å². The number of hydrogen-bond donors (Lipinski definition) is 0. The van der Waals surface area contributed by atoms with Crippen molar-refractivity contribution in [3.05, 3.63) is 64.1 Å². The summed E-state index contributed by atoms with van der Waals surface area (Å²) >= 11 is 3.40. The second-order valence-electron chi connectivity index (χ2n) is 4.83. The van der Waals surface area contributed by atoms with Crippen molar-refractivity contribution in [3.63, 3.8) is 0 Å². The fraction of sp³-hybridized carbons (Fsp3) is 0.250. The molecule has 0 radical (unpaired) electrons. The van der Waals surface area contributed by atoms with Crippen molar-refractivity contribution in [2.75, 3.05) is 6.54 Å². The zero-order valence-corrected chi connectivity index (χ0v) is 14.5. The average molecular weight is 368 g/mol. The molecular formula is C16H18BrNO2S. The summed E-state index contributed by atoms with van der Waals surface area (Å²) in [5.41, 5.74) is 1.89. The van der Waals surface area contributed by atoms with Gasteiger partial charge in [0, 0.05) is 17.6 Å². The normalized spacial score (nSPS) is 11.8. The molecule has 0 saturated heterocycles. The first-order valence-electron chi connectivity index (χ1n) is 6.75. The van der Waals surface area contributed by atoms with E-state index in [4.69, 9.17) is 0 Å². The van der Waals surface area contributed by atoms with E-state index in [2.05, 4.69) is 15.9 Å². The van der Waals surface area contributed by atoms with Gasteiger partial charge in [-0.3, -0.25) is 0 Å². The van der Waals surface area contributed by atoms with Gasteiger partial charge in [0.15, 0.2) is 0 Å². The van der Waals surface area contributed by atoms with Gasteiger partial charge >= 0.3 is 0 Å². The fourth-order valence-corrected chi connectivity index (χ4v) is 3.85. The molecule has 0 heterocycles. The van der Waals surface area contributed by atoms with Gasteiger partial charge in [-0.1, -0.05) is 53.2 Å². The molecule has 2 aromatic carbocycles. The van der Waals surface area contributed by atoms with Crippen LogP contribution in [0.25, 0.3) is 0 Å². The molecule has 0 aliphatic carbocycles. The third kappa shape index (κ3) is 3.73. The first-order chi connectivity index (χ1) is 9.95. The van der Waals surface area contributed by atoms with Crippen molar-refractivity contribution in [2.24, 2.45) is 0 Å². The van der Waals surface area contributed by atoms with E-state index in [1.54, 1.807) is 18.2 Å². The molecule has 0 bridgehead atoms. The zero-order chi connectivity index (χ0) is 15.5. The van der Waals surface area contributed by atoms with Gasteiger partial charge in [0.1, 0.15) is 0 Å². The van der Waals surface area contributed by atoms with E-state index in [0.29, 0.717) is 18.0 Å². The first-order valence-corrected chi connectivity index (χ1v) is 8.98. The second kappa shape index (κ2) is 6.73. The summed E-state index contributed by atoms with van der Waals surface area (Å²) in [6.45, 7) is 4.56. The van der Waals surface area contributed by atoms with Gasteiger partial charge in [-0.05, 0) is 36.2 Å². The van der Waals surface area contributed by atoms with E-state index in [-0.39, 0.29) is 0 Å². The SMILES string of the molecule is CCN(Cc1ccccc1)S(=O)(=O)c1ccc(Br)c(C)c1. The molecule has 0 aliphatic rings. The van der Waals surface area contributed by atoms with E-state index in [0.717, 1.165) is 15.6 Å². The van der Waals surface area contributed by atoms with Crippen molar-refractivity contribution in [1.29, 1.82) is 0 Å². The Kier molecular flexibility index (Phi) is 5.19. The van der Waals surface area contributed by atoms with Crippen molar-refractivity contribution in [2.45, 2.75) is 25.3 Å². The second-order valence-corrected chi connectivity index (χ2v) is 7.62. The number of halogens is 1. The maximum absolute atomic E-state index is 12.7. The van der Waals surface area contributed by atoms with Gasteiger partial charge < -0.3 is 0 Å². The zero-order valence-electron chi connectivity index (χ0n) is 12.1. The smallest absolute Gasteiger partial charge is 0.207 e. The van der Waals surface area contributed by atoms with Crippen LogP contribution in [0.15, 0.2) is 57.9 Å². The van der Waals surface area contributed by atoms with Gasteiger partial charge in [-0.25, -0.2) is 8.42 Å². The maximum atomic E-state index is 12.7. The molecule has 0 atom stereocenters. The highest BCUT2D eigenvalue weighted by Gasteiger charge is 2.23. The van der Waals surface area contributed by atoms with E-state index < -0.39 is 10.0 Å². The summed E-state index contributed by atoms with van der Waals surface area (Å²) in [7, 11) is -3.48. The third-order valence-corrected chi connectivity index (χ3v) is 6.13. The monoisotopic (exact) mass is 367 g/mol. The van der Waals surface area contributed by atoms with Crippen LogP contribution in [0.1, 0.15) is 18.1 Å². The minimum atomic E-state index is -3.48. The predicted molar refractivity (Wildman–Crippen MR) is 88.6 cm³/mol. The summed E-state index contributed by atoms with van der Waals surface area (Å²) < 4.78 is 27.9. The summed E-state index contributed by atoms with van der Waals surface area (Å²) in [5, 5.41) is 0. The number of benzene rings is 2. The first kappa shape index (κ1) is 16.2. The van der Waals surface area contributed by atoms with Gasteiger partial charge in [-0.15, -0.1) is 0 Å². The molecule has 21 heavy (non-hydrogen) atoms. The standard InChI is InChI=1S/C16H18BrNO2S/c1-3-18(12-14-7-5-4-6-8-14)21(19,20)15-9-10-16(17)13(2)11-15/h4-11H,3,12H2,1-2H3. The van der Waals surface area contributed by atoms with Crippen molar-refractivity contribution in [1.82, 2.24) is 4.31 Å².